The van der Waals surface area contributed by atoms with E-state index >= 15 is 0 Å². The highest BCUT2D eigenvalue weighted by molar-refractivity contribution is 6.31. The highest BCUT2D eigenvalue weighted by atomic mass is 35.5. The van der Waals surface area contributed by atoms with Crippen LogP contribution in [0.5, 0.6) is 5.75 Å². The first-order chi connectivity index (χ1) is 18.9. The number of aryl methyl sites for hydroxylation is 2. The molecule has 0 unspecified atom stereocenters. The Morgan fingerprint density at radius 1 is 1.18 bits per heavy atom. The zero-order chi connectivity index (χ0) is 27.5. The van der Waals surface area contributed by atoms with Gasteiger partial charge in [-0.1, -0.05) is 41.9 Å². The number of pyridine rings is 1. The van der Waals surface area contributed by atoms with Crippen LogP contribution < -0.4 is 15.9 Å². The molecule has 9 nitrogen and oxygen atoms in total. The van der Waals surface area contributed by atoms with Crippen molar-refractivity contribution in [3.63, 3.8) is 0 Å². The molecule has 1 fully saturated rings. The molecule has 1 amide bonds. The van der Waals surface area contributed by atoms with Gasteiger partial charge in [0.25, 0.3) is 0 Å². The van der Waals surface area contributed by atoms with Gasteiger partial charge in [-0.2, -0.15) is 0 Å². The van der Waals surface area contributed by atoms with Crippen LogP contribution in [0, 0.1) is 6.92 Å². The highest BCUT2D eigenvalue weighted by Crippen LogP contribution is 2.42. The zero-order valence-corrected chi connectivity index (χ0v) is 22.6. The van der Waals surface area contributed by atoms with Crippen LogP contribution in [-0.2, 0) is 24.3 Å². The fraction of sp³-hybridized carbons (Fsp3) is 0.310. The van der Waals surface area contributed by atoms with Crippen molar-refractivity contribution in [1.82, 2.24) is 19.4 Å². The summed E-state index contributed by atoms with van der Waals surface area (Å²) in [6.07, 6.45) is 3.31. The van der Waals surface area contributed by atoms with Crippen molar-refractivity contribution in [2.75, 3.05) is 25.4 Å². The Labute approximate surface area is 231 Å². The summed E-state index contributed by atoms with van der Waals surface area (Å²) in [4.78, 5) is 34.9. The summed E-state index contributed by atoms with van der Waals surface area (Å²) < 4.78 is 13.6. The molecule has 1 aliphatic heterocycles. The third-order valence-corrected chi connectivity index (χ3v) is 7.44. The summed E-state index contributed by atoms with van der Waals surface area (Å²) in [5.41, 5.74) is 10.1. The first-order valence-electron chi connectivity index (χ1n) is 12.9. The number of nitrogen functional groups attached to an aromatic ring is 1. The van der Waals surface area contributed by atoms with Gasteiger partial charge in [0, 0.05) is 48.4 Å². The molecule has 1 aliphatic rings. The van der Waals surface area contributed by atoms with Crippen LogP contribution in [0.2, 0.25) is 5.02 Å². The van der Waals surface area contributed by atoms with Crippen molar-refractivity contribution in [3.05, 3.63) is 92.5 Å². The first kappa shape index (κ1) is 26.5. The van der Waals surface area contributed by atoms with E-state index in [1.807, 2.05) is 54.8 Å². The second kappa shape index (κ2) is 11.3. The van der Waals surface area contributed by atoms with Gasteiger partial charge in [0.2, 0.25) is 0 Å². The number of halogens is 1. The smallest absolute Gasteiger partial charge is 0.410 e. The van der Waals surface area contributed by atoms with Gasteiger partial charge in [-0.05, 0) is 43.0 Å². The molecule has 202 valence electrons. The zero-order valence-electron chi connectivity index (χ0n) is 21.9. The molecule has 10 heteroatoms. The number of aromatic nitrogens is 3. The predicted molar refractivity (Wildman–Crippen MR) is 150 cm³/mol. The van der Waals surface area contributed by atoms with Crippen LogP contribution in [-0.4, -0.2) is 45.2 Å². The lowest BCUT2D eigenvalue weighted by atomic mass is 9.86. The maximum atomic E-state index is 12.6. The molecule has 3 heterocycles. The molecular weight excluding hydrogens is 518 g/mol. The van der Waals surface area contributed by atoms with E-state index in [-0.39, 0.29) is 29.9 Å². The first-order valence-corrected chi connectivity index (χ1v) is 13.2. The largest absolute Gasteiger partial charge is 0.493 e. The molecule has 39 heavy (non-hydrogen) atoms. The molecule has 0 saturated carbocycles. The van der Waals surface area contributed by atoms with E-state index in [9.17, 15) is 9.59 Å². The standard InChI is InChI=1S/C29H30ClN5O4/c1-3-38-26-20(9-11-34-12-10-23(36)25-27(31)32-17-33-28(25)34)13-22(30)18(2)24(26)21-14-35(15-21)29(37)39-16-19-7-5-4-6-8-19/h4-8,10,12-13,17,21H,3,9,11,14-16H2,1-2H3,(H2,31,32,33). The number of nitrogens with zero attached hydrogens (tertiary/aromatic N) is 4. The minimum absolute atomic E-state index is 0.0778. The van der Waals surface area contributed by atoms with Gasteiger partial charge in [-0.3, -0.25) is 4.79 Å². The fourth-order valence-electron chi connectivity index (χ4n) is 4.99. The molecule has 1 saturated heterocycles. The number of ether oxygens (including phenoxy) is 2. The summed E-state index contributed by atoms with van der Waals surface area (Å²) in [5.74, 6) is 1.03. The summed E-state index contributed by atoms with van der Waals surface area (Å²) in [7, 11) is 0. The third-order valence-electron chi connectivity index (χ3n) is 7.04. The maximum absolute atomic E-state index is 12.6. The Bertz CT molecular complexity index is 1570. The van der Waals surface area contributed by atoms with Crippen molar-refractivity contribution < 1.29 is 14.3 Å². The number of benzene rings is 2. The number of anilines is 1. The van der Waals surface area contributed by atoms with Crippen LogP contribution in [0.15, 0.2) is 59.8 Å². The van der Waals surface area contributed by atoms with E-state index in [1.165, 1.54) is 12.4 Å². The van der Waals surface area contributed by atoms with Crippen LogP contribution >= 0.6 is 11.6 Å². The van der Waals surface area contributed by atoms with Crippen LogP contribution in [0.1, 0.15) is 35.1 Å². The van der Waals surface area contributed by atoms with Crippen molar-refractivity contribution in [2.45, 2.75) is 39.3 Å². The van der Waals surface area contributed by atoms with Crippen molar-refractivity contribution in [2.24, 2.45) is 0 Å². The normalized spacial score (nSPS) is 13.4. The fourth-order valence-corrected chi connectivity index (χ4v) is 5.22. The second-order valence-corrected chi connectivity index (χ2v) is 9.95. The lowest BCUT2D eigenvalue weighted by molar-refractivity contribution is 0.0657. The van der Waals surface area contributed by atoms with E-state index in [2.05, 4.69) is 9.97 Å². The molecular formula is C29H30ClN5O4. The van der Waals surface area contributed by atoms with Gasteiger partial charge in [-0.25, -0.2) is 14.8 Å². The van der Waals surface area contributed by atoms with Gasteiger partial charge >= 0.3 is 6.09 Å². The molecule has 2 aromatic carbocycles. The van der Waals surface area contributed by atoms with Crippen molar-refractivity contribution >= 4 is 34.5 Å². The number of amides is 1. The number of nitrogens with two attached hydrogens (primary N) is 1. The Morgan fingerprint density at radius 2 is 1.95 bits per heavy atom. The molecule has 0 atom stereocenters. The summed E-state index contributed by atoms with van der Waals surface area (Å²) in [6, 6.07) is 13.0. The third kappa shape index (κ3) is 5.40. The number of likely N-dealkylation sites (tertiary alicyclic amines) is 1. The minimum Gasteiger partial charge on any atom is -0.493 e. The number of fused-ring (bicyclic) bond motifs is 1. The topological polar surface area (TPSA) is 113 Å². The number of hydrogen-bond acceptors (Lipinski definition) is 7. The van der Waals surface area contributed by atoms with Gasteiger partial charge < -0.3 is 24.7 Å². The molecule has 2 N–H and O–H groups in total. The molecule has 4 aromatic rings. The van der Waals surface area contributed by atoms with E-state index < -0.39 is 0 Å². The van der Waals surface area contributed by atoms with Crippen molar-refractivity contribution in [3.8, 4) is 5.75 Å². The molecule has 0 spiro atoms. The van der Waals surface area contributed by atoms with Crippen LogP contribution in [0.4, 0.5) is 10.6 Å². The Morgan fingerprint density at radius 3 is 2.69 bits per heavy atom. The maximum Gasteiger partial charge on any atom is 0.410 e. The number of rotatable bonds is 8. The van der Waals surface area contributed by atoms with Crippen molar-refractivity contribution in [1.29, 1.82) is 0 Å². The molecule has 0 aliphatic carbocycles. The predicted octanol–water partition coefficient (Wildman–Crippen LogP) is 4.71. The van der Waals surface area contributed by atoms with Gasteiger partial charge in [0.05, 0.1) is 6.61 Å². The molecule has 5 rings (SSSR count). The van der Waals surface area contributed by atoms with Crippen LogP contribution in [0.3, 0.4) is 0 Å². The second-order valence-electron chi connectivity index (χ2n) is 9.54. The molecule has 2 aromatic heterocycles. The number of hydrogen-bond donors (Lipinski definition) is 1. The van der Waals surface area contributed by atoms with Gasteiger partial charge in [0.15, 0.2) is 5.43 Å². The van der Waals surface area contributed by atoms with Crippen LogP contribution in [0.25, 0.3) is 11.0 Å². The van der Waals surface area contributed by atoms with E-state index in [1.54, 1.807) is 11.1 Å². The highest BCUT2D eigenvalue weighted by Gasteiger charge is 2.36. The summed E-state index contributed by atoms with van der Waals surface area (Å²) >= 11 is 6.71. The lowest BCUT2D eigenvalue weighted by Gasteiger charge is -2.40. The Hall–Kier alpha value is -4.11. The average molecular weight is 548 g/mol. The Kier molecular flexibility index (Phi) is 7.70. The Balaban J connectivity index is 1.35. The minimum atomic E-state index is -0.334. The number of carbonyl (C=O) groups is 1. The summed E-state index contributed by atoms with van der Waals surface area (Å²) in [5, 5.41) is 0.950. The van der Waals surface area contributed by atoms with E-state index in [4.69, 9.17) is 26.8 Å². The van der Waals surface area contributed by atoms with Gasteiger partial charge in [0.1, 0.15) is 35.5 Å². The molecule has 0 radical (unpaired) electrons. The van der Waals surface area contributed by atoms with Gasteiger partial charge in [-0.15, -0.1) is 0 Å². The lowest BCUT2D eigenvalue weighted by Crippen LogP contribution is -2.49. The van der Waals surface area contributed by atoms with E-state index in [0.717, 1.165) is 28.0 Å². The average Bonchev–Trinajstić information content (AvgIpc) is 2.91. The quantitative estimate of drug-likeness (QED) is 0.340. The SMILES string of the molecule is CCOc1c(CCn2ccc(=O)c3c(N)ncnc32)cc(Cl)c(C)c1C1CN(C(=O)OCc2ccccc2)C1. The summed E-state index contributed by atoms with van der Waals surface area (Å²) in [6.45, 7) is 6.22. The molecule has 0 bridgehead atoms. The van der Waals surface area contributed by atoms with E-state index in [0.29, 0.717) is 48.7 Å². The number of carbonyl (C=O) groups excluding carboxylic acids is 1. The monoisotopic (exact) mass is 547 g/mol.